The molecule has 0 aliphatic rings. The van der Waals surface area contributed by atoms with Crippen molar-refractivity contribution in [3.8, 4) is 0 Å². The van der Waals surface area contributed by atoms with Crippen LogP contribution in [0.4, 0.5) is 10.5 Å². The molecule has 2 amide bonds. The Kier molecular flexibility index (Phi) is 6.10. The van der Waals surface area contributed by atoms with Crippen LogP contribution in [0.3, 0.4) is 0 Å². The average Bonchev–Trinajstić information content (AvgIpc) is 2.39. The molecular formula is C13H16Cl2N2O3. The van der Waals surface area contributed by atoms with Crippen molar-refractivity contribution in [3.63, 3.8) is 0 Å². The van der Waals surface area contributed by atoms with Crippen LogP contribution in [-0.4, -0.2) is 23.1 Å². The summed E-state index contributed by atoms with van der Waals surface area (Å²) in [6.45, 7) is 3.61. The van der Waals surface area contributed by atoms with Crippen molar-refractivity contribution in [2.75, 3.05) is 5.32 Å². The maximum Gasteiger partial charge on any atom is 0.326 e. The fraction of sp³-hybridized carbons (Fsp3) is 0.385. The fourth-order valence-corrected chi connectivity index (χ4v) is 1.91. The molecule has 20 heavy (non-hydrogen) atoms. The third kappa shape index (κ3) is 4.58. The number of carboxylic acid groups (broad SMARTS) is 1. The summed E-state index contributed by atoms with van der Waals surface area (Å²) < 4.78 is 0. The molecule has 0 aromatic heterocycles. The zero-order chi connectivity index (χ0) is 15.3. The van der Waals surface area contributed by atoms with Crippen LogP contribution in [0.15, 0.2) is 18.2 Å². The van der Waals surface area contributed by atoms with E-state index in [-0.39, 0.29) is 5.92 Å². The molecule has 1 rings (SSSR count). The lowest BCUT2D eigenvalue weighted by atomic mass is 9.99. The Morgan fingerprint density at radius 2 is 2.00 bits per heavy atom. The molecule has 1 unspecified atom stereocenters. The fourth-order valence-electron chi connectivity index (χ4n) is 1.58. The third-order valence-corrected chi connectivity index (χ3v) is 3.51. The number of nitrogens with one attached hydrogen (secondary N) is 2. The number of carbonyl (C=O) groups excluding carboxylic acids is 1. The predicted molar refractivity (Wildman–Crippen MR) is 79.5 cm³/mol. The van der Waals surface area contributed by atoms with E-state index in [2.05, 4.69) is 10.6 Å². The number of carboxylic acids is 1. The summed E-state index contributed by atoms with van der Waals surface area (Å²) in [7, 11) is 0. The Hall–Kier alpha value is -1.46. The zero-order valence-corrected chi connectivity index (χ0v) is 12.6. The molecule has 2 atom stereocenters. The molecule has 0 heterocycles. The standard InChI is InChI=1S/C13H16Cl2N2O3/c1-3-7(2)11(12(18)19)17-13(20)16-10-6-8(14)4-5-9(10)15/h4-7,11H,3H2,1-2H3,(H,18,19)(H2,16,17,20)/t7?,11-/m1/s1. The van der Waals surface area contributed by atoms with Crippen LogP contribution < -0.4 is 10.6 Å². The number of hydrogen-bond donors (Lipinski definition) is 3. The highest BCUT2D eigenvalue weighted by molar-refractivity contribution is 6.35. The molecule has 5 nitrogen and oxygen atoms in total. The molecule has 0 saturated carbocycles. The maximum atomic E-state index is 11.8. The van der Waals surface area contributed by atoms with Gasteiger partial charge in [-0.1, -0.05) is 43.5 Å². The zero-order valence-electron chi connectivity index (χ0n) is 11.1. The van der Waals surface area contributed by atoms with E-state index in [1.54, 1.807) is 19.1 Å². The number of aliphatic carboxylic acids is 1. The monoisotopic (exact) mass is 318 g/mol. The van der Waals surface area contributed by atoms with Gasteiger partial charge in [0.15, 0.2) is 0 Å². The molecule has 0 bridgehead atoms. The molecule has 1 aromatic carbocycles. The third-order valence-electron chi connectivity index (χ3n) is 2.94. The van der Waals surface area contributed by atoms with Gasteiger partial charge in [-0.05, 0) is 24.1 Å². The number of halogens is 2. The second kappa shape index (κ2) is 7.36. The Labute approximate surface area is 127 Å². The van der Waals surface area contributed by atoms with Crippen molar-refractivity contribution in [3.05, 3.63) is 28.2 Å². The highest BCUT2D eigenvalue weighted by atomic mass is 35.5. The molecule has 1 aromatic rings. The van der Waals surface area contributed by atoms with E-state index < -0.39 is 18.0 Å². The van der Waals surface area contributed by atoms with Gasteiger partial charge in [-0.3, -0.25) is 0 Å². The van der Waals surface area contributed by atoms with Gasteiger partial charge < -0.3 is 15.7 Å². The van der Waals surface area contributed by atoms with Crippen LogP contribution in [0.5, 0.6) is 0 Å². The molecule has 110 valence electrons. The van der Waals surface area contributed by atoms with E-state index in [0.29, 0.717) is 22.2 Å². The summed E-state index contributed by atoms with van der Waals surface area (Å²) >= 11 is 11.7. The second-order valence-corrected chi connectivity index (χ2v) is 5.27. The molecular weight excluding hydrogens is 303 g/mol. The van der Waals surface area contributed by atoms with E-state index >= 15 is 0 Å². The minimum atomic E-state index is -1.08. The van der Waals surface area contributed by atoms with E-state index in [0.717, 1.165) is 0 Å². The number of rotatable bonds is 5. The molecule has 0 spiro atoms. The minimum Gasteiger partial charge on any atom is -0.480 e. The quantitative estimate of drug-likeness (QED) is 0.775. The van der Waals surface area contributed by atoms with Crippen LogP contribution in [0.25, 0.3) is 0 Å². The van der Waals surface area contributed by atoms with Crippen molar-refractivity contribution in [2.45, 2.75) is 26.3 Å². The normalized spacial score (nSPS) is 13.4. The SMILES string of the molecule is CCC(C)[C@@H](NC(=O)Nc1cc(Cl)ccc1Cl)C(=O)O. The summed E-state index contributed by atoms with van der Waals surface area (Å²) in [6.07, 6.45) is 0.634. The summed E-state index contributed by atoms with van der Waals surface area (Å²) in [4.78, 5) is 22.9. The molecule has 0 aliphatic heterocycles. The van der Waals surface area contributed by atoms with Crippen LogP contribution in [0.2, 0.25) is 10.0 Å². The molecule has 0 radical (unpaired) electrons. The lowest BCUT2D eigenvalue weighted by molar-refractivity contribution is -0.140. The second-order valence-electron chi connectivity index (χ2n) is 4.42. The van der Waals surface area contributed by atoms with Gasteiger partial charge in [0.05, 0.1) is 10.7 Å². The van der Waals surface area contributed by atoms with Gasteiger partial charge in [0, 0.05) is 5.02 Å². The Bertz CT molecular complexity index is 508. The van der Waals surface area contributed by atoms with E-state index in [9.17, 15) is 9.59 Å². The van der Waals surface area contributed by atoms with Crippen molar-refractivity contribution >= 4 is 40.9 Å². The van der Waals surface area contributed by atoms with Gasteiger partial charge in [0.1, 0.15) is 6.04 Å². The van der Waals surface area contributed by atoms with E-state index in [1.807, 2.05) is 6.92 Å². The Balaban J connectivity index is 2.75. The lowest BCUT2D eigenvalue weighted by Crippen LogP contribution is -2.46. The first kappa shape index (κ1) is 16.6. The average molecular weight is 319 g/mol. The number of hydrogen-bond acceptors (Lipinski definition) is 2. The summed E-state index contributed by atoms with van der Waals surface area (Å²) in [5.74, 6) is -1.26. The molecule has 0 aliphatic carbocycles. The van der Waals surface area contributed by atoms with Gasteiger partial charge in [-0.25, -0.2) is 9.59 Å². The number of amides is 2. The van der Waals surface area contributed by atoms with E-state index in [4.69, 9.17) is 28.3 Å². The molecule has 0 saturated heterocycles. The minimum absolute atomic E-state index is 0.187. The van der Waals surface area contributed by atoms with Crippen molar-refractivity contribution in [1.82, 2.24) is 5.32 Å². The highest BCUT2D eigenvalue weighted by Crippen LogP contribution is 2.25. The highest BCUT2D eigenvalue weighted by Gasteiger charge is 2.25. The van der Waals surface area contributed by atoms with Gasteiger partial charge in [-0.2, -0.15) is 0 Å². The van der Waals surface area contributed by atoms with Gasteiger partial charge in [-0.15, -0.1) is 0 Å². The van der Waals surface area contributed by atoms with Crippen LogP contribution in [-0.2, 0) is 4.79 Å². The van der Waals surface area contributed by atoms with Gasteiger partial charge in [0.25, 0.3) is 0 Å². The van der Waals surface area contributed by atoms with Crippen LogP contribution >= 0.6 is 23.2 Å². The number of carbonyl (C=O) groups is 2. The van der Waals surface area contributed by atoms with Crippen molar-refractivity contribution in [2.24, 2.45) is 5.92 Å². The molecule has 0 fully saturated rings. The maximum absolute atomic E-state index is 11.8. The Morgan fingerprint density at radius 3 is 2.55 bits per heavy atom. The van der Waals surface area contributed by atoms with Crippen molar-refractivity contribution < 1.29 is 14.7 Å². The smallest absolute Gasteiger partial charge is 0.326 e. The first-order chi connectivity index (χ1) is 9.35. The van der Waals surface area contributed by atoms with Gasteiger partial charge in [0.2, 0.25) is 0 Å². The van der Waals surface area contributed by atoms with Crippen LogP contribution in [0, 0.1) is 5.92 Å². The van der Waals surface area contributed by atoms with Gasteiger partial charge >= 0.3 is 12.0 Å². The summed E-state index contributed by atoms with van der Waals surface area (Å²) in [5, 5.41) is 14.7. The number of urea groups is 1. The largest absolute Gasteiger partial charge is 0.480 e. The summed E-state index contributed by atoms with van der Waals surface area (Å²) in [5.41, 5.74) is 0.324. The lowest BCUT2D eigenvalue weighted by Gasteiger charge is -2.20. The van der Waals surface area contributed by atoms with E-state index in [1.165, 1.54) is 6.07 Å². The topological polar surface area (TPSA) is 78.4 Å². The Morgan fingerprint density at radius 1 is 1.35 bits per heavy atom. The number of anilines is 1. The van der Waals surface area contributed by atoms with Crippen molar-refractivity contribution in [1.29, 1.82) is 0 Å². The van der Waals surface area contributed by atoms with Crippen LogP contribution in [0.1, 0.15) is 20.3 Å². The summed E-state index contributed by atoms with van der Waals surface area (Å²) in [6, 6.07) is 3.03. The molecule has 7 heteroatoms. The number of benzene rings is 1. The first-order valence-electron chi connectivity index (χ1n) is 6.10. The first-order valence-corrected chi connectivity index (χ1v) is 6.86. The molecule has 3 N–H and O–H groups in total. The predicted octanol–water partition coefficient (Wildman–Crippen LogP) is 3.61.